The molecule has 0 unspecified atom stereocenters. The van der Waals surface area contributed by atoms with Gasteiger partial charge < -0.3 is 19.8 Å². The molecule has 2 aromatic rings. The minimum atomic E-state index is -0.161. The van der Waals surface area contributed by atoms with Gasteiger partial charge in [0.15, 0.2) is 5.82 Å². The number of piperidine rings is 1. The van der Waals surface area contributed by atoms with Crippen molar-refractivity contribution in [1.82, 2.24) is 10.1 Å². The summed E-state index contributed by atoms with van der Waals surface area (Å²) in [4.78, 5) is 6.77. The average Bonchev–Trinajstić information content (AvgIpc) is 3.33. The molecule has 0 atom stereocenters. The van der Waals surface area contributed by atoms with Crippen molar-refractivity contribution in [2.75, 3.05) is 23.3 Å². The van der Waals surface area contributed by atoms with Gasteiger partial charge in [-0.3, -0.25) is 0 Å². The van der Waals surface area contributed by atoms with Crippen molar-refractivity contribution < 1.29 is 9.63 Å². The number of aliphatic hydroxyl groups is 1. The molecule has 122 valence electrons. The Bertz CT molecular complexity index is 660. The van der Waals surface area contributed by atoms with Gasteiger partial charge in [-0.05, 0) is 37.8 Å². The van der Waals surface area contributed by atoms with Crippen molar-refractivity contribution in [1.29, 1.82) is 0 Å². The van der Waals surface area contributed by atoms with Gasteiger partial charge in [-0.1, -0.05) is 17.3 Å². The second-order valence-corrected chi connectivity index (χ2v) is 6.41. The second-order valence-electron chi connectivity index (χ2n) is 6.41. The highest BCUT2D eigenvalue weighted by Gasteiger charge is 2.29. The van der Waals surface area contributed by atoms with Crippen LogP contribution in [0.4, 0.5) is 11.4 Å². The van der Waals surface area contributed by atoms with E-state index in [0.717, 1.165) is 37.5 Å². The molecule has 2 N–H and O–H groups in total. The van der Waals surface area contributed by atoms with Crippen LogP contribution in [0.25, 0.3) is 0 Å². The third-order valence-corrected chi connectivity index (χ3v) is 4.56. The molecule has 0 radical (unpaired) electrons. The van der Waals surface area contributed by atoms with Crippen LogP contribution >= 0.6 is 0 Å². The van der Waals surface area contributed by atoms with E-state index in [0.29, 0.717) is 18.3 Å². The molecule has 0 spiro atoms. The van der Waals surface area contributed by atoms with Crippen LogP contribution in [0.2, 0.25) is 0 Å². The maximum absolute atomic E-state index is 9.68. The third kappa shape index (κ3) is 3.32. The van der Waals surface area contributed by atoms with E-state index >= 15 is 0 Å². The number of hydrogen-bond donors (Lipinski definition) is 2. The minimum absolute atomic E-state index is 0.161. The minimum Gasteiger partial charge on any atom is -0.393 e. The molecule has 0 amide bonds. The molecule has 4 rings (SSSR count). The number of benzene rings is 1. The van der Waals surface area contributed by atoms with E-state index < -0.39 is 0 Å². The number of aliphatic hydroxyl groups excluding tert-OH is 1. The largest absolute Gasteiger partial charge is 0.393 e. The number of aromatic nitrogens is 2. The maximum atomic E-state index is 9.68. The van der Waals surface area contributed by atoms with Gasteiger partial charge in [-0.2, -0.15) is 4.98 Å². The van der Waals surface area contributed by atoms with Gasteiger partial charge in [0.2, 0.25) is 5.89 Å². The van der Waals surface area contributed by atoms with Crippen molar-refractivity contribution in [2.45, 2.75) is 44.2 Å². The van der Waals surface area contributed by atoms with Crippen LogP contribution in [-0.4, -0.2) is 34.4 Å². The van der Waals surface area contributed by atoms with E-state index in [1.54, 1.807) is 0 Å². The molecule has 0 bridgehead atoms. The van der Waals surface area contributed by atoms with Crippen molar-refractivity contribution in [3.63, 3.8) is 0 Å². The van der Waals surface area contributed by atoms with Crippen LogP contribution in [0.5, 0.6) is 0 Å². The molecule has 2 fully saturated rings. The number of rotatable bonds is 5. The lowest BCUT2D eigenvalue weighted by molar-refractivity contribution is 0.145. The molecule has 6 heteroatoms. The third-order valence-electron chi connectivity index (χ3n) is 4.56. The summed E-state index contributed by atoms with van der Waals surface area (Å²) < 4.78 is 5.30. The summed E-state index contributed by atoms with van der Waals surface area (Å²) in [6.07, 6.45) is 3.82. The fraction of sp³-hybridized carbons (Fsp3) is 0.529. The normalized spacial score (nSPS) is 19.1. The predicted octanol–water partition coefficient (Wildman–Crippen LogP) is 2.52. The van der Waals surface area contributed by atoms with Crippen LogP contribution in [0.1, 0.15) is 43.3 Å². The van der Waals surface area contributed by atoms with Crippen LogP contribution in [0, 0.1) is 0 Å². The zero-order valence-electron chi connectivity index (χ0n) is 13.1. The number of anilines is 2. The van der Waals surface area contributed by atoms with Gasteiger partial charge >= 0.3 is 0 Å². The van der Waals surface area contributed by atoms with E-state index in [1.807, 2.05) is 12.1 Å². The van der Waals surface area contributed by atoms with Crippen LogP contribution in [0.15, 0.2) is 28.8 Å². The van der Waals surface area contributed by atoms with Gasteiger partial charge in [0.05, 0.1) is 24.0 Å². The van der Waals surface area contributed by atoms with E-state index in [-0.39, 0.29) is 6.10 Å². The smallest absolute Gasteiger partial charge is 0.229 e. The number of nitrogens with one attached hydrogen (secondary N) is 1. The molecular formula is C17H22N4O2. The van der Waals surface area contributed by atoms with Crippen LogP contribution < -0.4 is 10.2 Å². The highest BCUT2D eigenvalue weighted by atomic mass is 16.5. The summed E-state index contributed by atoms with van der Waals surface area (Å²) in [6, 6.07) is 8.26. The zero-order chi connectivity index (χ0) is 15.6. The fourth-order valence-electron chi connectivity index (χ4n) is 3.02. The van der Waals surface area contributed by atoms with Gasteiger partial charge in [0.25, 0.3) is 0 Å². The molecule has 1 aliphatic heterocycles. The Morgan fingerprint density at radius 3 is 2.74 bits per heavy atom. The lowest BCUT2D eigenvalue weighted by Gasteiger charge is -2.32. The summed E-state index contributed by atoms with van der Waals surface area (Å²) in [6.45, 7) is 2.32. The first-order valence-corrected chi connectivity index (χ1v) is 8.38. The van der Waals surface area contributed by atoms with Crippen molar-refractivity contribution in [3.05, 3.63) is 36.0 Å². The van der Waals surface area contributed by atoms with Gasteiger partial charge in [-0.25, -0.2) is 0 Å². The van der Waals surface area contributed by atoms with E-state index in [2.05, 4.69) is 32.5 Å². The first kappa shape index (κ1) is 14.5. The summed E-state index contributed by atoms with van der Waals surface area (Å²) in [5.41, 5.74) is 2.24. The SMILES string of the molecule is OC1CCN(c2ccccc2NCc2noc(C3CC3)n2)CC1. The Labute approximate surface area is 135 Å². The van der Waals surface area contributed by atoms with E-state index in [1.165, 1.54) is 18.5 Å². The van der Waals surface area contributed by atoms with E-state index in [4.69, 9.17) is 4.52 Å². The standard InChI is InChI=1S/C17H22N4O2/c22-13-7-9-21(10-8-13)15-4-2-1-3-14(15)18-11-16-19-17(23-20-16)12-5-6-12/h1-4,12-13,18,22H,5-11H2. The summed E-state index contributed by atoms with van der Waals surface area (Å²) in [5.74, 6) is 1.97. The van der Waals surface area contributed by atoms with Crippen LogP contribution in [-0.2, 0) is 6.54 Å². The molecular weight excluding hydrogens is 292 g/mol. The van der Waals surface area contributed by atoms with E-state index in [9.17, 15) is 5.11 Å². The average molecular weight is 314 g/mol. The lowest BCUT2D eigenvalue weighted by Crippen LogP contribution is -2.36. The first-order valence-electron chi connectivity index (χ1n) is 8.38. The maximum Gasteiger partial charge on any atom is 0.229 e. The summed E-state index contributed by atoms with van der Waals surface area (Å²) in [5, 5.41) is 17.1. The first-order chi connectivity index (χ1) is 11.3. The number of nitrogens with zero attached hydrogens (tertiary/aromatic N) is 3. The predicted molar refractivity (Wildman–Crippen MR) is 87.5 cm³/mol. The molecule has 2 aliphatic rings. The molecule has 23 heavy (non-hydrogen) atoms. The van der Waals surface area contributed by atoms with Gasteiger partial charge in [-0.15, -0.1) is 0 Å². The van der Waals surface area contributed by atoms with Crippen molar-refractivity contribution >= 4 is 11.4 Å². The molecule has 1 aromatic heterocycles. The summed E-state index contributed by atoms with van der Waals surface area (Å²) >= 11 is 0. The molecule has 1 aromatic carbocycles. The zero-order valence-corrected chi connectivity index (χ0v) is 13.1. The quantitative estimate of drug-likeness (QED) is 0.883. The Morgan fingerprint density at radius 1 is 1.17 bits per heavy atom. The second kappa shape index (κ2) is 6.20. The van der Waals surface area contributed by atoms with Crippen molar-refractivity contribution in [3.8, 4) is 0 Å². The Hall–Kier alpha value is -2.08. The van der Waals surface area contributed by atoms with Crippen molar-refractivity contribution in [2.24, 2.45) is 0 Å². The number of hydrogen-bond acceptors (Lipinski definition) is 6. The molecule has 2 heterocycles. The van der Waals surface area contributed by atoms with Gasteiger partial charge in [0.1, 0.15) is 0 Å². The Kier molecular flexibility index (Phi) is 3.91. The molecule has 1 saturated heterocycles. The van der Waals surface area contributed by atoms with Gasteiger partial charge in [0, 0.05) is 19.0 Å². The number of para-hydroxylation sites is 2. The molecule has 1 aliphatic carbocycles. The lowest BCUT2D eigenvalue weighted by atomic mass is 10.1. The molecule has 1 saturated carbocycles. The fourth-order valence-corrected chi connectivity index (χ4v) is 3.02. The summed E-state index contributed by atoms with van der Waals surface area (Å²) in [7, 11) is 0. The topological polar surface area (TPSA) is 74.4 Å². The monoisotopic (exact) mass is 314 g/mol. The highest BCUT2D eigenvalue weighted by molar-refractivity contribution is 5.70. The molecule has 6 nitrogen and oxygen atoms in total. The van der Waals surface area contributed by atoms with Crippen LogP contribution in [0.3, 0.4) is 0 Å². The Morgan fingerprint density at radius 2 is 1.96 bits per heavy atom. The Balaban J connectivity index is 1.43. The highest BCUT2D eigenvalue weighted by Crippen LogP contribution is 2.38.